The molecular weight excluding hydrogens is 479 g/mol. The number of nitrogens with zero attached hydrogens (tertiary/aromatic N) is 2. The highest BCUT2D eigenvalue weighted by Gasteiger charge is 2.66. The Bertz CT molecular complexity index is 1230. The molecule has 1 saturated heterocycles. The number of aliphatic hydroxyl groups excluding tert-OH is 1. The fourth-order valence-electron chi connectivity index (χ4n) is 6.27. The molecule has 7 nitrogen and oxygen atoms in total. The normalized spacial score (nSPS) is 27.3. The van der Waals surface area contributed by atoms with Crippen LogP contribution in [0.3, 0.4) is 0 Å². The first-order chi connectivity index (χ1) is 17.1. The molecule has 1 spiro atoms. The Morgan fingerprint density at radius 2 is 1.97 bits per heavy atom. The summed E-state index contributed by atoms with van der Waals surface area (Å²) in [6, 6.07) is 12.7. The standard InChI is InChI=1S/C27H31FN2O5Si/c1-5-13-29-20-11-10-18(30-21-8-6-7-9-22(21)34-16-24(30)32)15-19(20)27(26(29)33)17(2)25(36(3,4)28)23(35-27)12-14-31/h5-11,15,17,23,25,31H,1,12-14,16H2,2-4H3/t17-,23+,25-,27+/m0/s1. The number of rotatable bonds is 6. The number of aliphatic hydroxyl groups is 1. The summed E-state index contributed by atoms with van der Waals surface area (Å²) in [7, 11) is -3.28. The molecule has 2 aromatic rings. The van der Waals surface area contributed by atoms with E-state index in [0.717, 1.165) is 0 Å². The Hall–Kier alpha value is -3.01. The molecule has 1 N–H and O–H groups in total. The highest BCUT2D eigenvalue weighted by Crippen LogP contribution is 2.60. The highest BCUT2D eigenvalue weighted by atomic mass is 28.4. The van der Waals surface area contributed by atoms with Crippen LogP contribution in [0.15, 0.2) is 55.1 Å². The van der Waals surface area contributed by atoms with Crippen LogP contribution in [0, 0.1) is 5.92 Å². The maximum Gasteiger partial charge on any atom is 0.269 e. The van der Waals surface area contributed by atoms with E-state index >= 15 is 4.11 Å². The largest absolute Gasteiger partial charge is 0.482 e. The number of para-hydroxylation sites is 2. The van der Waals surface area contributed by atoms with E-state index in [9.17, 15) is 14.7 Å². The first-order valence-electron chi connectivity index (χ1n) is 12.2. The molecule has 5 rings (SSSR count). The van der Waals surface area contributed by atoms with E-state index < -0.39 is 31.6 Å². The fourth-order valence-corrected chi connectivity index (χ4v) is 8.81. The molecule has 2 amide bonds. The number of amides is 2. The number of hydrogen-bond acceptors (Lipinski definition) is 5. The number of halogens is 1. The van der Waals surface area contributed by atoms with E-state index in [-0.39, 0.29) is 38.0 Å². The SMILES string of the molecule is C=CCN1C(=O)[C@]2(O[C@H](CCO)[C@@H]([Si](C)(C)F)[C@@H]2C)c2cc(N3C(=O)COc4ccccc43)ccc21. The van der Waals surface area contributed by atoms with E-state index in [4.69, 9.17) is 9.47 Å². The molecule has 0 aliphatic carbocycles. The van der Waals surface area contributed by atoms with Crippen LogP contribution in [0.2, 0.25) is 18.6 Å². The second-order valence-electron chi connectivity index (χ2n) is 10.2. The van der Waals surface area contributed by atoms with Crippen molar-refractivity contribution in [3.63, 3.8) is 0 Å². The monoisotopic (exact) mass is 510 g/mol. The van der Waals surface area contributed by atoms with Gasteiger partial charge in [-0.3, -0.25) is 14.5 Å². The van der Waals surface area contributed by atoms with Gasteiger partial charge < -0.3 is 23.6 Å². The molecular formula is C27H31FN2O5Si. The molecule has 3 aliphatic rings. The van der Waals surface area contributed by atoms with Crippen molar-refractivity contribution in [1.82, 2.24) is 0 Å². The molecule has 3 aliphatic heterocycles. The summed E-state index contributed by atoms with van der Waals surface area (Å²) >= 11 is 0. The smallest absolute Gasteiger partial charge is 0.269 e. The second kappa shape index (κ2) is 8.83. The van der Waals surface area contributed by atoms with Gasteiger partial charge in [-0.15, -0.1) is 6.58 Å². The second-order valence-corrected chi connectivity index (χ2v) is 14.0. The topological polar surface area (TPSA) is 79.3 Å². The number of ether oxygens (including phenoxy) is 2. The fraction of sp³-hybridized carbons (Fsp3) is 0.407. The van der Waals surface area contributed by atoms with Gasteiger partial charge in [0, 0.05) is 35.9 Å². The minimum absolute atomic E-state index is 0.101. The Morgan fingerprint density at radius 3 is 2.67 bits per heavy atom. The average molecular weight is 511 g/mol. The van der Waals surface area contributed by atoms with Crippen molar-refractivity contribution in [2.75, 3.05) is 29.6 Å². The number of benzene rings is 2. The Morgan fingerprint density at radius 1 is 1.22 bits per heavy atom. The number of carbonyl (C=O) groups is 2. The van der Waals surface area contributed by atoms with Crippen LogP contribution in [-0.4, -0.2) is 51.2 Å². The lowest BCUT2D eigenvalue weighted by atomic mass is 9.82. The van der Waals surface area contributed by atoms with E-state index in [0.29, 0.717) is 28.4 Å². The zero-order chi connectivity index (χ0) is 25.8. The zero-order valence-corrected chi connectivity index (χ0v) is 21.7. The predicted molar refractivity (Wildman–Crippen MR) is 138 cm³/mol. The maximum absolute atomic E-state index is 15.7. The van der Waals surface area contributed by atoms with Crippen molar-refractivity contribution < 1.29 is 28.3 Å². The van der Waals surface area contributed by atoms with Crippen molar-refractivity contribution in [3.8, 4) is 5.75 Å². The van der Waals surface area contributed by atoms with Crippen LogP contribution in [0.1, 0.15) is 18.9 Å². The molecule has 1 fully saturated rings. The van der Waals surface area contributed by atoms with Gasteiger partial charge in [-0.25, -0.2) is 0 Å². The van der Waals surface area contributed by atoms with Gasteiger partial charge in [-0.2, -0.15) is 0 Å². The number of hydrogen-bond donors (Lipinski definition) is 1. The first kappa shape index (κ1) is 24.7. The predicted octanol–water partition coefficient (Wildman–Crippen LogP) is 4.43. The molecule has 0 unspecified atom stereocenters. The molecule has 0 bridgehead atoms. The van der Waals surface area contributed by atoms with Gasteiger partial charge in [-0.05, 0) is 49.8 Å². The average Bonchev–Trinajstić information content (AvgIpc) is 3.26. The summed E-state index contributed by atoms with van der Waals surface area (Å²) < 4.78 is 27.8. The minimum atomic E-state index is -3.28. The summed E-state index contributed by atoms with van der Waals surface area (Å²) in [4.78, 5) is 30.2. The molecule has 3 heterocycles. The Labute approximate surface area is 211 Å². The van der Waals surface area contributed by atoms with Crippen LogP contribution in [0.25, 0.3) is 0 Å². The van der Waals surface area contributed by atoms with Crippen molar-refractivity contribution in [2.45, 2.75) is 43.7 Å². The van der Waals surface area contributed by atoms with Crippen LogP contribution >= 0.6 is 0 Å². The molecule has 9 heteroatoms. The summed E-state index contributed by atoms with van der Waals surface area (Å²) in [6.45, 7) is 8.94. The Balaban J connectivity index is 1.69. The number of carbonyl (C=O) groups excluding carboxylic acids is 2. The Kier molecular flexibility index (Phi) is 6.05. The summed E-state index contributed by atoms with van der Waals surface area (Å²) in [5.41, 5.74) is 0.565. The summed E-state index contributed by atoms with van der Waals surface area (Å²) in [5.74, 6) is -0.372. The van der Waals surface area contributed by atoms with Gasteiger partial charge in [-0.1, -0.05) is 25.1 Å². The lowest BCUT2D eigenvalue weighted by Crippen LogP contribution is -2.45. The van der Waals surface area contributed by atoms with Crippen molar-refractivity contribution in [3.05, 3.63) is 60.7 Å². The minimum Gasteiger partial charge on any atom is -0.482 e. The highest BCUT2D eigenvalue weighted by molar-refractivity contribution is 6.72. The van der Waals surface area contributed by atoms with Gasteiger partial charge in [0.2, 0.25) is 8.41 Å². The third-order valence-corrected chi connectivity index (χ3v) is 10.1. The van der Waals surface area contributed by atoms with Gasteiger partial charge in [0.05, 0.1) is 17.5 Å². The quantitative estimate of drug-likeness (QED) is 0.353. The third kappa shape index (κ3) is 3.52. The van der Waals surface area contributed by atoms with E-state index in [2.05, 4.69) is 6.58 Å². The molecule has 4 atom stereocenters. The molecule has 2 aromatic carbocycles. The van der Waals surface area contributed by atoms with Crippen LogP contribution in [-0.2, 0) is 19.9 Å². The van der Waals surface area contributed by atoms with Gasteiger partial charge in [0.25, 0.3) is 11.8 Å². The molecule has 0 saturated carbocycles. The maximum atomic E-state index is 15.7. The molecule has 0 aromatic heterocycles. The lowest BCUT2D eigenvalue weighted by Gasteiger charge is -2.32. The molecule has 190 valence electrons. The zero-order valence-electron chi connectivity index (χ0n) is 20.7. The van der Waals surface area contributed by atoms with Crippen molar-refractivity contribution in [2.24, 2.45) is 5.92 Å². The summed E-state index contributed by atoms with van der Waals surface area (Å²) in [6.07, 6.45) is 1.30. The van der Waals surface area contributed by atoms with E-state index in [1.807, 2.05) is 37.3 Å². The van der Waals surface area contributed by atoms with E-state index in [1.54, 1.807) is 41.1 Å². The van der Waals surface area contributed by atoms with Crippen molar-refractivity contribution >= 4 is 37.3 Å². The summed E-state index contributed by atoms with van der Waals surface area (Å²) in [5, 5.41) is 9.71. The number of anilines is 3. The number of fused-ring (bicyclic) bond motifs is 3. The lowest BCUT2D eigenvalue weighted by molar-refractivity contribution is -0.146. The van der Waals surface area contributed by atoms with Gasteiger partial charge in [0.1, 0.15) is 5.75 Å². The van der Waals surface area contributed by atoms with Crippen LogP contribution in [0.4, 0.5) is 21.2 Å². The van der Waals surface area contributed by atoms with Gasteiger partial charge in [0.15, 0.2) is 12.2 Å². The molecule has 36 heavy (non-hydrogen) atoms. The van der Waals surface area contributed by atoms with Crippen LogP contribution < -0.4 is 14.5 Å². The van der Waals surface area contributed by atoms with Gasteiger partial charge >= 0.3 is 0 Å². The third-order valence-electron chi connectivity index (χ3n) is 7.63. The van der Waals surface area contributed by atoms with Crippen molar-refractivity contribution in [1.29, 1.82) is 0 Å². The van der Waals surface area contributed by atoms with E-state index in [1.165, 1.54) is 0 Å². The molecule has 0 radical (unpaired) electrons. The van der Waals surface area contributed by atoms with Crippen LogP contribution in [0.5, 0.6) is 5.75 Å². The first-order valence-corrected chi connectivity index (χ1v) is 15.2.